The molecule has 0 spiro atoms. The molecule has 11 heteroatoms. The highest BCUT2D eigenvalue weighted by Crippen LogP contribution is 2.28. The number of nitrogens with zero attached hydrogens (tertiary/aromatic N) is 5. The number of hydrogen-bond acceptors (Lipinski definition) is 8. The summed E-state index contributed by atoms with van der Waals surface area (Å²) in [7, 11) is 0. The van der Waals surface area contributed by atoms with Crippen LogP contribution < -0.4 is 0 Å². The fourth-order valence-corrected chi connectivity index (χ4v) is 2.41. The van der Waals surface area contributed by atoms with Crippen molar-refractivity contribution < 1.29 is 15.1 Å². The normalized spacial score (nSPS) is 10.3. The van der Waals surface area contributed by atoms with Crippen LogP contribution in [0.15, 0.2) is 74.2 Å². The molecule has 1 aromatic carbocycles. The van der Waals surface area contributed by atoms with E-state index in [0.717, 1.165) is 4.47 Å². The van der Waals surface area contributed by atoms with Gasteiger partial charge in [0.2, 0.25) is 0 Å². The van der Waals surface area contributed by atoms with Gasteiger partial charge in [0, 0.05) is 22.8 Å². The first kappa shape index (κ1) is 20.4. The van der Waals surface area contributed by atoms with Crippen LogP contribution in [0, 0.1) is 10.1 Å². The van der Waals surface area contributed by atoms with Gasteiger partial charge >= 0.3 is 0 Å². The Bertz CT molecular complexity index is 950. The zero-order chi connectivity index (χ0) is 19.8. The third-order valence-electron chi connectivity index (χ3n) is 2.82. The Morgan fingerprint density at radius 2 is 1.63 bits per heavy atom. The van der Waals surface area contributed by atoms with E-state index in [4.69, 9.17) is 5.11 Å². The van der Waals surface area contributed by atoms with Gasteiger partial charge in [0.25, 0.3) is 5.69 Å². The first-order valence-corrected chi connectivity index (χ1v) is 8.74. The number of halogens is 2. The van der Waals surface area contributed by atoms with Crippen LogP contribution in [0.1, 0.15) is 0 Å². The summed E-state index contributed by atoms with van der Waals surface area (Å²) >= 11 is 6.33. The first-order chi connectivity index (χ1) is 12.8. The Morgan fingerprint density at radius 1 is 0.963 bits per heavy atom. The molecular weight excluding hydrogens is 486 g/mol. The van der Waals surface area contributed by atoms with E-state index in [1.54, 1.807) is 12.3 Å². The molecule has 2 N–H and O–H groups in total. The monoisotopic (exact) mass is 495 g/mol. The van der Waals surface area contributed by atoms with Gasteiger partial charge in [-0.25, -0.2) is 4.98 Å². The predicted octanol–water partition coefficient (Wildman–Crippen LogP) is 5.42. The highest BCUT2D eigenvalue weighted by atomic mass is 79.9. The topological polar surface area (TPSA) is 134 Å². The fourth-order valence-electron chi connectivity index (χ4n) is 1.64. The van der Waals surface area contributed by atoms with Crippen LogP contribution in [0.3, 0.4) is 0 Å². The molecule has 0 saturated heterocycles. The number of nitro benzene ring substituents is 1. The Morgan fingerprint density at radius 3 is 2.15 bits per heavy atom. The van der Waals surface area contributed by atoms with E-state index >= 15 is 0 Å². The summed E-state index contributed by atoms with van der Waals surface area (Å²) in [5.41, 5.74) is 0.454. The average molecular weight is 497 g/mol. The van der Waals surface area contributed by atoms with Gasteiger partial charge in [0.15, 0.2) is 5.82 Å². The molecule has 138 valence electrons. The molecule has 2 heterocycles. The van der Waals surface area contributed by atoms with Crippen molar-refractivity contribution in [2.45, 2.75) is 0 Å². The maximum atomic E-state index is 10.5. The second-order valence-corrected chi connectivity index (χ2v) is 6.60. The first-order valence-electron chi connectivity index (χ1n) is 7.15. The van der Waals surface area contributed by atoms with Crippen LogP contribution in [0.4, 0.5) is 17.2 Å². The molecule has 0 aliphatic carbocycles. The van der Waals surface area contributed by atoms with Gasteiger partial charge in [-0.3, -0.25) is 15.1 Å². The lowest BCUT2D eigenvalue weighted by atomic mass is 10.3. The Labute approximate surface area is 169 Å². The van der Waals surface area contributed by atoms with Crippen molar-refractivity contribution in [3.8, 4) is 11.5 Å². The number of aromatic nitrogens is 2. The van der Waals surface area contributed by atoms with E-state index < -0.39 is 4.92 Å². The van der Waals surface area contributed by atoms with Gasteiger partial charge in [-0.15, -0.1) is 10.2 Å². The summed E-state index contributed by atoms with van der Waals surface area (Å²) in [6.07, 6.45) is 4.24. The Hall–Kier alpha value is -2.92. The Kier molecular flexibility index (Phi) is 7.32. The zero-order valence-corrected chi connectivity index (χ0v) is 16.6. The molecule has 2 aromatic heterocycles. The van der Waals surface area contributed by atoms with Crippen molar-refractivity contribution in [1.29, 1.82) is 0 Å². The zero-order valence-electron chi connectivity index (χ0n) is 13.4. The number of aromatic hydroxyl groups is 2. The second kappa shape index (κ2) is 9.69. The van der Waals surface area contributed by atoms with E-state index in [2.05, 4.69) is 52.1 Å². The fraction of sp³-hybridized carbons (Fsp3) is 0. The van der Waals surface area contributed by atoms with Gasteiger partial charge in [-0.05, 0) is 56.1 Å². The van der Waals surface area contributed by atoms with Crippen molar-refractivity contribution in [3.05, 3.63) is 74.0 Å². The van der Waals surface area contributed by atoms with Crippen molar-refractivity contribution in [2.24, 2.45) is 10.2 Å². The molecule has 0 saturated carbocycles. The third kappa shape index (κ3) is 6.72. The molecule has 0 aliphatic rings. The lowest BCUT2D eigenvalue weighted by Gasteiger charge is -1.97. The summed E-state index contributed by atoms with van der Waals surface area (Å²) in [4.78, 5) is 17.6. The van der Waals surface area contributed by atoms with E-state index in [-0.39, 0.29) is 17.2 Å². The molecule has 0 unspecified atom stereocenters. The number of hydrogen-bond donors (Lipinski definition) is 2. The number of rotatable bonds is 3. The summed E-state index contributed by atoms with van der Waals surface area (Å²) in [6, 6.07) is 8.66. The minimum atomic E-state index is -0.487. The molecule has 27 heavy (non-hydrogen) atoms. The number of azo groups is 1. The third-order valence-corrected chi connectivity index (χ3v) is 3.84. The standard InChI is InChI=1S/C11H7BrN4O3.C5H4BrNO/c12-10-5-9(17)6-13-11(10)15-14-7-1-3-8(4-2-7)16(18)19;6-4-1-5(8)3-7-2-4/h1-6,17H;1-3,8H. The molecule has 0 radical (unpaired) electrons. The van der Waals surface area contributed by atoms with Crippen molar-refractivity contribution in [1.82, 2.24) is 9.97 Å². The maximum absolute atomic E-state index is 10.5. The second-order valence-electron chi connectivity index (χ2n) is 4.83. The molecule has 3 rings (SSSR count). The quantitative estimate of drug-likeness (QED) is 0.282. The molecule has 3 aromatic rings. The molecule has 0 fully saturated rings. The molecule has 0 bridgehead atoms. The predicted molar refractivity (Wildman–Crippen MR) is 104 cm³/mol. The minimum Gasteiger partial charge on any atom is -0.506 e. The van der Waals surface area contributed by atoms with Crippen LogP contribution in [-0.4, -0.2) is 25.1 Å². The Balaban J connectivity index is 0.000000273. The molecule has 0 amide bonds. The summed E-state index contributed by atoms with van der Waals surface area (Å²) in [6.45, 7) is 0. The van der Waals surface area contributed by atoms with Crippen molar-refractivity contribution in [2.75, 3.05) is 0 Å². The highest BCUT2D eigenvalue weighted by molar-refractivity contribution is 9.10. The summed E-state index contributed by atoms with van der Waals surface area (Å²) < 4.78 is 1.29. The van der Waals surface area contributed by atoms with E-state index in [1.807, 2.05) is 0 Å². The van der Waals surface area contributed by atoms with Gasteiger partial charge in [-0.1, -0.05) is 0 Å². The van der Waals surface area contributed by atoms with Crippen LogP contribution in [0.2, 0.25) is 0 Å². The summed E-state index contributed by atoms with van der Waals surface area (Å²) in [5.74, 6) is 0.497. The SMILES string of the molecule is O=[N+]([O-])c1ccc(N=Nc2ncc(O)cc2Br)cc1.Oc1cncc(Br)c1. The number of nitro groups is 1. The van der Waals surface area contributed by atoms with Gasteiger partial charge in [0.1, 0.15) is 11.5 Å². The smallest absolute Gasteiger partial charge is 0.269 e. The van der Waals surface area contributed by atoms with E-state index in [0.29, 0.717) is 16.0 Å². The maximum Gasteiger partial charge on any atom is 0.269 e. The number of non-ortho nitro benzene ring substituents is 1. The highest BCUT2D eigenvalue weighted by Gasteiger charge is 2.04. The average Bonchev–Trinajstić information content (AvgIpc) is 2.62. The van der Waals surface area contributed by atoms with E-state index in [1.165, 1.54) is 42.7 Å². The lowest BCUT2D eigenvalue weighted by molar-refractivity contribution is -0.384. The molecule has 0 aliphatic heterocycles. The molecule has 9 nitrogen and oxygen atoms in total. The van der Waals surface area contributed by atoms with Gasteiger partial charge in [-0.2, -0.15) is 0 Å². The van der Waals surface area contributed by atoms with Crippen molar-refractivity contribution in [3.63, 3.8) is 0 Å². The molecular formula is C16H11Br2N5O4. The van der Waals surface area contributed by atoms with Gasteiger partial charge in [0.05, 0.1) is 27.5 Å². The minimum absolute atomic E-state index is 0.0112. The molecule has 0 atom stereocenters. The van der Waals surface area contributed by atoms with Crippen molar-refractivity contribution >= 4 is 49.1 Å². The number of benzene rings is 1. The largest absolute Gasteiger partial charge is 0.506 e. The van der Waals surface area contributed by atoms with Crippen LogP contribution in [0.25, 0.3) is 0 Å². The van der Waals surface area contributed by atoms with Crippen LogP contribution >= 0.6 is 31.9 Å². The van der Waals surface area contributed by atoms with Gasteiger partial charge < -0.3 is 10.2 Å². The van der Waals surface area contributed by atoms with Crippen LogP contribution in [-0.2, 0) is 0 Å². The number of pyridine rings is 2. The summed E-state index contributed by atoms with van der Waals surface area (Å²) in [5, 5.41) is 36.2. The van der Waals surface area contributed by atoms with Crippen LogP contribution in [0.5, 0.6) is 11.5 Å². The van der Waals surface area contributed by atoms with E-state index in [9.17, 15) is 15.2 Å². The lowest BCUT2D eigenvalue weighted by Crippen LogP contribution is -1.85.